The Kier molecular flexibility index (Phi) is 5.86. The van der Waals surface area contributed by atoms with Gasteiger partial charge in [0, 0.05) is 24.8 Å². The van der Waals surface area contributed by atoms with Crippen molar-refractivity contribution in [3.8, 4) is 5.75 Å². The molecule has 1 fully saturated rings. The van der Waals surface area contributed by atoms with Gasteiger partial charge in [-0.3, -0.25) is 0 Å². The Balaban J connectivity index is 1.70. The fourth-order valence-electron chi connectivity index (χ4n) is 2.33. The highest BCUT2D eigenvalue weighted by Gasteiger charge is 2.20. The number of methoxy groups -OCH3 is 1. The topological polar surface area (TPSA) is 30.5 Å². The number of benzene rings is 1. The summed E-state index contributed by atoms with van der Waals surface area (Å²) in [5, 5.41) is 3.54. The maximum Gasteiger partial charge on any atom is 0.123 e. The third-order valence-corrected chi connectivity index (χ3v) is 3.82. The van der Waals surface area contributed by atoms with Crippen LogP contribution in [0.2, 0.25) is 0 Å². The molecule has 3 heteroatoms. The third kappa shape index (κ3) is 4.80. The van der Waals surface area contributed by atoms with Crippen LogP contribution in [0.3, 0.4) is 0 Å². The zero-order valence-corrected chi connectivity index (χ0v) is 12.9. The lowest BCUT2D eigenvalue weighted by molar-refractivity contribution is 0.121. The van der Waals surface area contributed by atoms with Crippen molar-refractivity contribution in [2.24, 2.45) is 5.92 Å². The quantitative estimate of drug-likeness (QED) is 0.701. The van der Waals surface area contributed by atoms with E-state index in [2.05, 4.69) is 31.3 Å². The molecule has 3 nitrogen and oxygen atoms in total. The number of aryl methyl sites for hydroxylation is 1. The van der Waals surface area contributed by atoms with E-state index in [0.717, 1.165) is 37.8 Å². The summed E-state index contributed by atoms with van der Waals surface area (Å²) < 4.78 is 11.1. The van der Waals surface area contributed by atoms with Gasteiger partial charge in [0.15, 0.2) is 0 Å². The van der Waals surface area contributed by atoms with E-state index in [1.54, 1.807) is 7.11 Å². The molecule has 1 N–H and O–H groups in total. The molecule has 1 saturated carbocycles. The van der Waals surface area contributed by atoms with Crippen molar-refractivity contribution in [3.05, 3.63) is 29.3 Å². The summed E-state index contributed by atoms with van der Waals surface area (Å²) in [4.78, 5) is 0. The van der Waals surface area contributed by atoms with Crippen molar-refractivity contribution in [1.29, 1.82) is 0 Å². The number of ether oxygens (including phenoxy) is 2. The molecule has 0 aromatic heterocycles. The van der Waals surface area contributed by atoms with Gasteiger partial charge in [0.2, 0.25) is 0 Å². The lowest BCUT2D eigenvalue weighted by Gasteiger charge is -2.18. The first-order chi connectivity index (χ1) is 9.70. The van der Waals surface area contributed by atoms with Crippen LogP contribution in [-0.2, 0) is 4.74 Å². The van der Waals surface area contributed by atoms with Gasteiger partial charge in [0.1, 0.15) is 5.75 Å². The van der Waals surface area contributed by atoms with Crippen molar-refractivity contribution in [3.63, 3.8) is 0 Å². The van der Waals surface area contributed by atoms with Gasteiger partial charge < -0.3 is 14.8 Å². The Morgan fingerprint density at radius 3 is 2.85 bits per heavy atom. The fraction of sp³-hybridized carbons (Fsp3) is 0.647. The van der Waals surface area contributed by atoms with Gasteiger partial charge >= 0.3 is 0 Å². The zero-order valence-electron chi connectivity index (χ0n) is 12.9. The first kappa shape index (κ1) is 15.3. The standard InChI is InChI=1S/C17H27NO2/c1-13-5-8-17(19-3)16(11-13)14(2)18-9-4-10-20-12-15-6-7-15/h5,8,11,14-15,18H,4,6-7,9-10,12H2,1-3H3. The molecular formula is C17H27NO2. The van der Waals surface area contributed by atoms with Crippen LogP contribution >= 0.6 is 0 Å². The van der Waals surface area contributed by atoms with Crippen LogP contribution < -0.4 is 10.1 Å². The second-order valence-corrected chi connectivity index (χ2v) is 5.79. The third-order valence-electron chi connectivity index (χ3n) is 3.82. The highest BCUT2D eigenvalue weighted by Crippen LogP contribution is 2.28. The molecule has 0 saturated heterocycles. The molecule has 20 heavy (non-hydrogen) atoms. The van der Waals surface area contributed by atoms with E-state index in [-0.39, 0.29) is 0 Å². The van der Waals surface area contributed by atoms with Gasteiger partial charge in [-0.1, -0.05) is 17.7 Å². The first-order valence-electron chi connectivity index (χ1n) is 7.66. The van der Waals surface area contributed by atoms with Gasteiger partial charge in [-0.05, 0) is 51.6 Å². The van der Waals surface area contributed by atoms with Crippen LogP contribution in [0, 0.1) is 12.8 Å². The van der Waals surface area contributed by atoms with Crippen molar-refractivity contribution in [2.45, 2.75) is 39.2 Å². The van der Waals surface area contributed by atoms with Crippen molar-refractivity contribution >= 4 is 0 Å². The van der Waals surface area contributed by atoms with Gasteiger partial charge in [-0.2, -0.15) is 0 Å². The summed E-state index contributed by atoms with van der Waals surface area (Å²) in [5.41, 5.74) is 2.49. The van der Waals surface area contributed by atoms with Crippen molar-refractivity contribution in [1.82, 2.24) is 5.32 Å². The SMILES string of the molecule is COc1ccc(C)cc1C(C)NCCCOCC1CC1. The molecule has 2 rings (SSSR count). The van der Waals surface area contributed by atoms with Crippen LogP contribution in [0.15, 0.2) is 18.2 Å². The van der Waals surface area contributed by atoms with Crippen LogP contribution in [0.5, 0.6) is 5.75 Å². The van der Waals surface area contributed by atoms with E-state index < -0.39 is 0 Å². The van der Waals surface area contributed by atoms with E-state index in [0.29, 0.717) is 6.04 Å². The largest absolute Gasteiger partial charge is 0.496 e. The highest BCUT2D eigenvalue weighted by atomic mass is 16.5. The van der Waals surface area contributed by atoms with Crippen LogP contribution in [0.25, 0.3) is 0 Å². The summed E-state index contributed by atoms with van der Waals surface area (Å²) in [6.45, 7) is 7.09. The highest BCUT2D eigenvalue weighted by molar-refractivity contribution is 5.38. The number of rotatable bonds is 9. The lowest BCUT2D eigenvalue weighted by Crippen LogP contribution is -2.21. The van der Waals surface area contributed by atoms with Crippen molar-refractivity contribution < 1.29 is 9.47 Å². The Labute approximate surface area is 122 Å². The normalized spacial score (nSPS) is 16.1. The minimum absolute atomic E-state index is 0.299. The maximum atomic E-state index is 5.64. The smallest absolute Gasteiger partial charge is 0.123 e. The van der Waals surface area contributed by atoms with Gasteiger partial charge in [0.05, 0.1) is 7.11 Å². The molecule has 0 spiro atoms. The van der Waals surface area contributed by atoms with Crippen LogP contribution in [0.1, 0.15) is 43.4 Å². The summed E-state index contributed by atoms with van der Waals surface area (Å²) >= 11 is 0. The average Bonchev–Trinajstić information content (AvgIpc) is 3.26. The predicted molar refractivity (Wildman–Crippen MR) is 82.3 cm³/mol. The summed E-state index contributed by atoms with van der Waals surface area (Å²) in [6.07, 6.45) is 3.79. The number of hydrogen-bond donors (Lipinski definition) is 1. The molecule has 0 amide bonds. The Morgan fingerprint density at radius 2 is 2.15 bits per heavy atom. The van der Waals surface area contributed by atoms with Gasteiger partial charge in [-0.25, -0.2) is 0 Å². The zero-order chi connectivity index (χ0) is 14.4. The average molecular weight is 277 g/mol. The molecule has 0 aliphatic heterocycles. The molecule has 1 aromatic rings. The molecule has 0 bridgehead atoms. The molecular weight excluding hydrogens is 250 g/mol. The first-order valence-corrected chi connectivity index (χ1v) is 7.66. The second-order valence-electron chi connectivity index (χ2n) is 5.79. The van der Waals surface area contributed by atoms with E-state index >= 15 is 0 Å². The van der Waals surface area contributed by atoms with E-state index in [1.807, 2.05) is 6.07 Å². The fourth-order valence-corrected chi connectivity index (χ4v) is 2.33. The Hall–Kier alpha value is -1.06. The van der Waals surface area contributed by atoms with Gasteiger partial charge in [-0.15, -0.1) is 0 Å². The van der Waals surface area contributed by atoms with E-state index in [1.165, 1.54) is 24.0 Å². The monoisotopic (exact) mass is 277 g/mol. The minimum Gasteiger partial charge on any atom is -0.496 e. The maximum absolute atomic E-state index is 5.64. The molecule has 0 heterocycles. The number of nitrogens with one attached hydrogen (secondary N) is 1. The van der Waals surface area contributed by atoms with E-state index in [9.17, 15) is 0 Å². The molecule has 1 aromatic carbocycles. The van der Waals surface area contributed by atoms with Crippen LogP contribution in [0.4, 0.5) is 0 Å². The second kappa shape index (κ2) is 7.65. The van der Waals surface area contributed by atoms with Crippen molar-refractivity contribution in [2.75, 3.05) is 26.9 Å². The number of hydrogen-bond acceptors (Lipinski definition) is 3. The van der Waals surface area contributed by atoms with Gasteiger partial charge in [0.25, 0.3) is 0 Å². The predicted octanol–water partition coefficient (Wildman–Crippen LogP) is 3.47. The summed E-state index contributed by atoms with van der Waals surface area (Å²) in [7, 11) is 1.73. The Bertz CT molecular complexity index is 415. The Morgan fingerprint density at radius 1 is 1.35 bits per heavy atom. The molecule has 0 radical (unpaired) electrons. The minimum atomic E-state index is 0.299. The molecule has 112 valence electrons. The molecule has 1 unspecified atom stereocenters. The lowest BCUT2D eigenvalue weighted by atomic mass is 10.0. The van der Waals surface area contributed by atoms with Crippen LogP contribution in [-0.4, -0.2) is 26.9 Å². The molecule has 1 aliphatic rings. The van der Waals surface area contributed by atoms with E-state index in [4.69, 9.17) is 9.47 Å². The summed E-state index contributed by atoms with van der Waals surface area (Å²) in [5.74, 6) is 1.82. The summed E-state index contributed by atoms with van der Waals surface area (Å²) in [6, 6.07) is 6.62. The molecule has 1 atom stereocenters. The molecule has 1 aliphatic carbocycles.